The standard InChI is InChI=1S/C21H23N3O/c1-15-20(18-9-5-6-10-19(18)22-15)21(25)23-16-11-13-24(14-12-16)17-7-3-2-4-8-17/h2-10,16,22H,11-14H2,1H3,(H,23,25). The molecule has 1 amide bonds. The molecule has 2 aromatic carbocycles. The van der Waals surface area contributed by atoms with Gasteiger partial charge in [0.2, 0.25) is 0 Å². The topological polar surface area (TPSA) is 48.1 Å². The third kappa shape index (κ3) is 3.12. The Morgan fingerprint density at radius 2 is 1.72 bits per heavy atom. The lowest BCUT2D eigenvalue weighted by Gasteiger charge is -2.34. The Morgan fingerprint density at radius 1 is 1.04 bits per heavy atom. The summed E-state index contributed by atoms with van der Waals surface area (Å²) in [6.07, 6.45) is 1.95. The van der Waals surface area contributed by atoms with Gasteiger partial charge in [0, 0.05) is 41.4 Å². The number of benzene rings is 2. The molecule has 2 heterocycles. The highest BCUT2D eigenvalue weighted by molar-refractivity contribution is 6.08. The molecular formula is C21H23N3O. The number of carbonyl (C=O) groups excluding carboxylic acids is 1. The highest BCUT2D eigenvalue weighted by atomic mass is 16.1. The van der Waals surface area contributed by atoms with Crippen molar-refractivity contribution in [3.05, 3.63) is 65.9 Å². The summed E-state index contributed by atoms with van der Waals surface area (Å²) in [5.41, 5.74) is 3.99. The molecule has 0 unspecified atom stereocenters. The lowest BCUT2D eigenvalue weighted by atomic mass is 10.0. The van der Waals surface area contributed by atoms with Gasteiger partial charge in [-0.15, -0.1) is 0 Å². The monoisotopic (exact) mass is 333 g/mol. The first-order chi connectivity index (χ1) is 12.2. The van der Waals surface area contributed by atoms with Crippen LogP contribution in [0.5, 0.6) is 0 Å². The maximum absolute atomic E-state index is 12.8. The highest BCUT2D eigenvalue weighted by Crippen LogP contribution is 2.23. The Balaban J connectivity index is 1.43. The summed E-state index contributed by atoms with van der Waals surface area (Å²) in [6, 6.07) is 18.7. The number of aromatic nitrogens is 1. The van der Waals surface area contributed by atoms with Crippen LogP contribution in [0.4, 0.5) is 5.69 Å². The van der Waals surface area contributed by atoms with E-state index < -0.39 is 0 Å². The normalized spacial score (nSPS) is 15.5. The number of nitrogens with zero attached hydrogens (tertiary/aromatic N) is 1. The molecule has 1 saturated heterocycles. The number of rotatable bonds is 3. The number of hydrogen-bond acceptors (Lipinski definition) is 2. The van der Waals surface area contributed by atoms with E-state index >= 15 is 0 Å². The number of anilines is 1. The number of para-hydroxylation sites is 2. The molecule has 0 bridgehead atoms. The van der Waals surface area contributed by atoms with Crippen molar-refractivity contribution in [2.24, 2.45) is 0 Å². The van der Waals surface area contributed by atoms with Crippen molar-refractivity contribution < 1.29 is 4.79 Å². The van der Waals surface area contributed by atoms with Gasteiger partial charge in [0.05, 0.1) is 5.56 Å². The number of fused-ring (bicyclic) bond motifs is 1. The first-order valence-corrected chi connectivity index (χ1v) is 8.90. The van der Waals surface area contributed by atoms with E-state index in [9.17, 15) is 4.79 Å². The van der Waals surface area contributed by atoms with Crippen LogP contribution in [0.15, 0.2) is 54.6 Å². The van der Waals surface area contributed by atoms with Gasteiger partial charge in [-0.1, -0.05) is 36.4 Å². The van der Waals surface area contributed by atoms with Gasteiger partial charge in [-0.3, -0.25) is 4.79 Å². The molecule has 0 radical (unpaired) electrons. The van der Waals surface area contributed by atoms with Gasteiger partial charge in [-0.2, -0.15) is 0 Å². The van der Waals surface area contributed by atoms with Gasteiger partial charge < -0.3 is 15.2 Å². The van der Waals surface area contributed by atoms with Crippen molar-refractivity contribution in [2.75, 3.05) is 18.0 Å². The summed E-state index contributed by atoms with van der Waals surface area (Å²) in [4.78, 5) is 18.5. The van der Waals surface area contributed by atoms with Crippen LogP contribution in [-0.4, -0.2) is 30.0 Å². The first kappa shape index (κ1) is 15.8. The van der Waals surface area contributed by atoms with Gasteiger partial charge in [-0.05, 0) is 38.0 Å². The molecule has 4 nitrogen and oxygen atoms in total. The van der Waals surface area contributed by atoms with Gasteiger partial charge in [0.15, 0.2) is 0 Å². The molecule has 0 aliphatic carbocycles. The van der Waals surface area contributed by atoms with E-state index in [2.05, 4.69) is 39.5 Å². The van der Waals surface area contributed by atoms with Gasteiger partial charge in [-0.25, -0.2) is 0 Å². The van der Waals surface area contributed by atoms with Crippen molar-refractivity contribution >= 4 is 22.5 Å². The molecule has 1 aromatic heterocycles. The summed E-state index contributed by atoms with van der Waals surface area (Å²) >= 11 is 0. The SMILES string of the molecule is Cc1[nH]c2ccccc2c1C(=O)NC1CCN(c2ccccc2)CC1. The van der Waals surface area contributed by atoms with Gasteiger partial charge >= 0.3 is 0 Å². The van der Waals surface area contributed by atoms with E-state index in [4.69, 9.17) is 0 Å². The third-order valence-corrected chi connectivity index (χ3v) is 5.07. The summed E-state index contributed by atoms with van der Waals surface area (Å²) in [5.74, 6) is 0.0353. The molecule has 4 rings (SSSR count). The number of nitrogens with one attached hydrogen (secondary N) is 2. The minimum Gasteiger partial charge on any atom is -0.371 e. The van der Waals surface area contributed by atoms with Crippen LogP contribution in [0.3, 0.4) is 0 Å². The quantitative estimate of drug-likeness (QED) is 0.764. The van der Waals surface area contributed by atoms with E-state index in [1.54, 1.807) is 0 Å². The van der Waals surface area contributed by atoms with E-state index in [0.717, 1.165) is 48.1 Å². The first-order valence-electron chi connectivity index (χ1n) is 8.90. The molecule has 1 aliphatic rings. The van der Waals surface area contributed by atoms with Crippen molar-refractivity contribution in [1.82, 2.24) is 10.3 Å². The maximum atomic E-state index is 12.8. The number of amides is 1. The fraction of sp³-hybridized carbons (Fsp3) is 0.286. The van der Waals surface area contributed by atoms with E-state index in [1.165, 1.54) is 5.69 Å². The second-order valence-corrected chi connectivity index (χ2v) is 6.74. The number of aromatic amines is 1. The molecule has 0 atom stereocenters. The fourth-order valence-corrected chi connectivity index (χ4v) is 3.75. The Labute approximate surface area is 147 Å². The van der Waals surface area contributed by atoms with E-state index in [1.807, 2.05) is 37.3 Å². The molecule has 128 valence electrons. The molecule has 1 aliphatic heterocycles. The molecule has 25 heavy (non-hydrogen) atoms. The van der Waals surface area contributed by atoms with Crippen molar-refractivity contribution in [3.8, 4) is 0 Å². The molecule has 1 fully saturated rings. The van der Waals surface area contributed by atoms with Gasteiger partial charge in [0.1, 0.15) is 0 Å². The lowest BCUT2D eigenvalue weighted by molar-refractivity contribution is 0.0932. The van der Waals surface area contributed by atoms with Crippen LogP contribution in [0.2, 0.25) is 0 Å². The van der Waals surface area contributed by atoms with Crippen molar-refractivity contribution in [1.29, 1.82) is 0 Å². The molecule has 0 spiro atoms. The van der Waals surface area contributed by atoms with Crippen LogP contribution in [0, 0.1) is 6.92 Å². The number of hydrogen-bond donors (Lipinski definition) is 2. The highest BCUT2D eigenvalue weighted by Gasteiger charge is 2.23. The number of aryl methyl sites for hydroxylation is 1. The molecular weight excluding hydrogens is 310 g/mol. The zero-order chi connectivity index (χ0) is 17.2. The number of H-pyrrole nitrogens is 1. The minimum atomic E-state index is 0.0353. The van der Waals surface area contributed by atoms with Crippen molar-refractivity contribution in [3.63, 3.8) is 0 Å². The van der Waals surface area contributed by atoms with E-state index in [0.29, 0.717) is 0 Å². The molecule has 4 heteroatoms. The molecule has 2 N–H and O–H groups in total. The molecule has 0 saturated carbocycles. The molecule has 3 aromatic rings. The zero-order valence-electron chi connectivity index (χ0n) is 14.5. The van der Waals surface area contributed by atoms with Crippen molar-refractivity contribution in [2.45, 2.75) is 25.8 Å². The minimum absolute atomic E-state index is 0.0353. The summed E-state index contributed by atoms with van der Waals surface area (Å²) < 4.78 is 0. The fourth-order valence-electron chi connectivity index (χ4n) is 3.75. The van der Waals surface area contributed by atoms with Gasteiger partial charge in [0.25, 0.3) is 5.91 Å². The lowest BCUT2D eigenvalue weighted by Crippen LogP contribution is -2.44. The summed E-state index contributed by atoms with van der Waals surface area (Å²) in [7, 11) is 0. The van der Waals surface area contributed by atoms with Crippen LogP contribution < -0.4 is 10.2 Å². The predicted octanol–water partition coefficient (Wildman–Crippen LogP) is 3.88. The number of carbonyl (C=O) groups is 1. The average molecular weight is 333 g/mol. The average Bonchev–Trinajstić information content (AvgIpc) is 2.99. The Morgan fingerprint density at radius 3 is 2.48 bits per heavy atom. The second kappa shape index (κ2) is 6.63. The summed E-state index contributed by atoms with van der Waals surface area (Å²) in [5, 5.41) is 4.24. The van der Waals surface area contributed by atoms with Crippen LogP contribution in [0.1, 0.15) is 28.9 Å². The van der Waals surface area contributed by atoms with Crippen LogP contribution in [-0.2, 0) is 0 Å². The number of piperidine rings is 1. The predicted molar refractivity (Wildman–Crippen MR) is 102 cm³/mol. The second-order valence-electron chi connectivity index (χ2n) is 6.74. The summed E-state index contributed by atoms with van der Waals surface area (Å²) in [6.45, 7) is 3.91. The smallest absolute Gasteiger partial charge is 0.253 e. The Bertz CT molecular complexity index is 877. The Kier molecular flexibility index (Phi) is 4.18. The maximum Gasteiger partial charge on any atom is 0.253 e. The van der Waals surface area contributed by atoms with E-state index in [-0.39, 0.29) is 11.9 Å². The Hall–Kier alpha value is -2.75. The largest absolute Gasteiger partial charge is 0.371 e. The van der Waals surface area contributed by atoms with Crippen LogP contribution >= 0.6 is 0 Å². The third-order valence-electron chi connectivity index (χ3n) is 5.07. The van der Waals surface area contributed by atoms with Crippen LogP contribution in [0.25, 0.3) is 10.9 Å². The zero-order valence-corrected chi connectivity index (χ0v) is 14.5.